The molecule has 0 bridgehead atoms. The van der Waals surface area contributed by atoms with Crippen LogP contribution in [0.25, 0.3) is 0 Å². The summed E-state index contributed by atoms with van der Waals surface area (Å²) in [5, 5.41) is 17.6. The van der Waals surface area contributed by atoms with Gasteiger partial charge in [0.15, 0.2) is 0 Å². The number of carboxylic acids is 1. The van der Waals surface area contributed by atoms with Crippen molar-refractivity contribution in [3.63, 3.8) is 0 Å². The highest BCUT2D eigenvalue weighted by atomic mass is 16.4. The Morgan fingerprint density at radius 2 is 2.23 bits per heavy atom. The molecule has 3 nitrogen and oxygen atoms in total. The summed E-state index contributed by atoms with van der Waals surface area (Å²) < 4.78 is 0. The molecular weight excluding hydrogens is 168 g/mol. The molecule has 1 unspecified atom stereocenters. The predicted octanol–water partition coefficient (Wildman–Crippen LogP) is 1.48. The molecule has 0 heterocycles. The zero-order valence-electron chi connectivity index (χ0n) is 7.40. The third kappa shape index (κ3) is 2.29. The summed E-state index contributed by atoms with van der Waals surface area (Å²) in [5.74, 6) is -0.953. The second-order valence-electron chi connectivity index (χ2n) is 3.01. The van der Waals surface area contributed by atoms with E-state index >= 15 is 0 Å². The van der Waals surface area contributed by atoms with Crippen molar-refractivity contribution in [3.8, 4) is 0 Å². The van der Waals surface area contributed by atoms with Gasteiger partial charge in [-0.15, -0.1) is 0 Å². The zero-order chi connectivity index (χ0) is 9.84. The topological polar surface area (TPSA) is 57.5 Å². The van der Waals surface area contributed by atoms with E-state index in [1.807, 2.05) is 13.0 Å². The number of hydrogen-bond donors (Lipinski definition) is 2. The van der Waals surface area contributed by atoms with Gasteiger partial charge in [-0.3, -0.25) is 0 Å². The van der Waals surface area contributed by atoms with E-state index in [4.69, 9.17) is 10.2 Å². The van der Waals surface area contributed by atoms with Crippen molar-refractivity contribution in [1.82, 2.24) is 0 Å². The molecule has 0 saturated carbocycles. The van der Waals surface area contributed by atoms with Crippen LogP contribution in [0.4, 0.5) is 0 Å². The van der Waals surface area contributed by atoms with Crippen LogP contribution in [0.5, 0.6) is 0 Å². The number of aromatic carboxylic acids is 1. The molecular formula is C10H12O3. The summed E-state index contributed by atoms with van der Waals surface area (Å²) >= 11 is 0. The number of carboxylic acid groups (broad SMARTS) is 1. The largest absolute Gasteiger partial charge is 0.478 e. The minimum absolute atomic E-state index is 0.0145. The summed E-state index contributed by atoms with van der Waals surface area (Å²) in [7, 11) is 0. The fraction of sp³-hybridized carbons (Fsp3) is 0.300. The maximum absolute atomic E-state index is 10.6. The van der Waals surface area contributed by atoms with Crippen molar-refractivity contribution in [2.45, 2.75) is 12.8 Å². The van der Waals surface area contributed by atoms with Crippen molar-refractivity contribution in [2.75, 3.05) is 6.61 Å². The molecule has 13 heavy (non-hydrogen) atoms. The van der Waals surface area contributed by atoms with Crippen LogP contribution in [0.3, 0.4) is 0 Å². The minimum atomic E-state index is -0.938. The van der Waals surface area contributed by atoms with Gasteiger partial charge < -0.3 is 10.2 Å². The van der Waals surface area contributed by atoms with Gasteiger partial charge in [0.05, 0.1) is 5.56 Å². The quantitative estimate of drug-likeness (QED) is 0.740. The van der Waals surface area contributed by atoms with Crippen LogP contribution in [0.15, 0.2) is 24.3 Å². The first kappa shape index (κ1) is 9.74. The lowest BCUT2D eigenvalue weighted by molar-refractivity contribution is 0.0696. The molecule has 0 spiro atoms. The van der Waals surface area contributed by atoms with Gasteiger partial charge in [-0.05, 0) is 17.7 Å². The summed E-state index contributed by atoms with van der Waals surface area (Å²) in [6.07, 6.45) is 0. The standard InChI is InChI=1S/C10H12O3/c1-7(6-11)8-3-2-4-9(5-8)10(12)13/h2-5,7,11H,6H2,1H3,(H,12,13). The molecule has 3 heteroatoms. The molecule has 0 aliphatic heterocycles. The molecule has 2 N–H and O–H groups in total. The van der Waals surface area contributed by atoms with Crippen molar-refractivity contribution in [1.29, 1.82) is 0 Å². The lowest BCUT2D eigenvalue weighted by Gasteiger charge is -2.08. The highest BCUT2D eigenvalue weighted by Gasteiger charge is 2.07. The fourth-order valence-corrected chi connectivity index (χ4v) is 1.08. The van der Waals surface area contributed by atoms with Gasteiger partial charge in [0, 0.05) is 12.5 Å². The molecule has 1 atom stereocenters. The number of hydrogen-bond acceptors (Lipinski definition) is 2. The van der Waals surface area contributed by atoms with Gasteiger partial charge >= 0.3 is 5.97 Å². The normalized spacial score (nSPS) is 12.5. The Hall–Kier alpha value is -1.35. The Labute approximate surface area is 76.6 Å². The predicted molar refractivity (Wildman–Crippen MR) is 48.9 cm³/mol. The summed E-state index contributed by atoms with van der Waals surface area (Å²) in [5.41, 5.74) is 1.11. The highest BCUT2D eigenvalue weighted by Crippen LogP contribution is 2.15. The van der Waals surface area contributed by atoms with E-state index in [0.717, 1.165) is 5.56 Å². The molecule has 0 aromatic heterocycles. The van der Waals surface area contributed by atoms with Crippen molar-refractivity contribution in [3.05, 3.63) is 35.4 Å². The number of rotatable bonds is 3. The first-order chi connectivity index (χ1) is 6.15. The van der Waals surface area contributed by atoms with E-state index < -0.39 is 5.97 Å². The average molecular weight is 180 g/mol. The summed E-state index contributed by atoms with van der Waals surface area (Å²) in [6.45, 7) is 1.88. The van der Waals surface area contributed by atoms with E-state index in [-0.39, 0.29) is 18.1 Å². The van der Waals surface area contributed by atoms with Gasteiger partial charge in [0.25, 0.3) is 0 Å². The molecule has 0 radical (unpaired) electrons. The van der Waals surface area contributed by atoms with Gasteiger partial charge in [-0.1, -0.05) is 19.1 Å². The Morgan fingerprint density at radius 3 is 2.77 bits per heavy atom. The summed E-state index contributed by atoms with van der Waals surface area (Å²) in [4.78, 5) is 10.6. The molecule has 0 aliphatic rings. The van der Waals surface area contributed by atoms with Crippen LogP contribution in [0.2, 0.25) is 0 Å². The Morgan fingerprint density at radius 1 is 1.54 bits per heavy atom. The van der Waals surface area contributed by atoms with Crippen molar-refractivity contribution in [2.24, 2.45) is 0 Å². The van der Waals surface area contributed by atoms with Gasteiger partial charge in [0.2, 0.25) is 0 Å². The number of aliphatic hydroxyl groups is 1. The van der Waals surface area contributed by atoms with E-state index in [1.165, 1.54) is 6.07 Å². The molecule has 0 amide bonds. The van der Waals surface area contributed by atoms with Crippen molar-refractivity contribution < 1.29 is 15.0 Å². The SMILES string of the molecule is CC(CO)c1cccc(C(=O)O)c1. The molecule has 0 aliphatic carbocycles. The summed E-state index contributed by atoms with van der Waals surface area (Å²) in [6, 6.07) is 6.62. The minimum Gasteiger partial charge on any atom is -0.478 e. The smallest absolute Gasteiger partial charge is 0.335 e. The Bertz CT molecular complexity index is 307. The van der Waals surface area contributed by atoms with Crippen LogP contribution < -0.4 is 0 Å². The molecule has 1 aromatic rings. The maximum Gasteiger partial charge on any atom is 0.335 e. The Balaban J connectivity index is 2.98. The second-order valence-corrected chi connectivity index (χ2v) is 3.01. The first-order valence-corrected chi connectivity index (χ1v) is 4.09. The third-order valence-corrected chi connectivity index (χ3v) is 1.98. The van der Waals surface area contributed by atoms with Crippen LogP contribution in [-0.4, -0.2) is 22.8 Å². The molecule has 0 fully saturated rings. The average Bonchev–Trinajstić information content (AvgIpc) is 2.17. The van der Waals surface area contributed by atoms with E-state index in [9.17, 15) is 4.79 Å². The fourth-order valence-electron chi connectivity index (χ4n) is 1.08. The molecule has 70 valence electrons. The highest BCUT2D eigenvalue weighted by molar-refractivity contribution is 5.87. The zero-order valence-corrected chi connectivity index (χ0v) is 7.40. The van der Waals surface area contributed by atoms with Crippen LogP contribution >= 0.6 is 0 Å². The lowest BCUT2D eigenvalue weighted by Crippen LogP contribution is -2.02. The number of benzene rings is 1. The van der Waals surface area contributed by atoms with E-state index in [0.29, 0.717) is 0 Å². The second kappa shape index (κ2) is 4.05. The van der Waals surface area contributed by atoms with Crippen LogP contribution in [0, 0.1) is 0 Å². The van der Waals surface area contributed by atoms with E-state index in [1.54, 1.807) is 12.1 Å². The van der Waals surface area contributed by atoms with Gasteiger partial charge in [-0.2, -0.15) is 0 Å². The molecule has 1 rings (SSSR count). The van der Waals surface area contributed by atoms with Gasteiger partial charge in [-0.25, -0.2) is 4.79 Å². The first-order valence-electron chi connectivity index (χ1n) is 4.09. The van der Waals surface area contributed by atoms with Crippen LogP contribution in [0.1, 0.15) is 28.8 Å². The van der Waals surface area contributed by atoms with Crippen LogP contribution in [-0.2, 0) is 0 Å². The van der Waals surface area contributed by atoms with E-state index in [2.05, 4.69) is 0 Å². The molecule has 0 saturated heterocycles. The number of carbonyl (C=O) groups is 1. The monoisotopic (exact) mass is 180 g/mol. The lowest BCUT2D eigenvalue weighted by atomic mass is 10.00. The maximum atomic E-state index is 10.6. The van der Waals surface area contributed by atoms with Gasteiger partial charge in [0.1, 0.15) is 0 Å². The third-order valence-electron chi connectivity index (χ3n) is 1.98. The Kier molecular flexibility index (Phi) is 3.03. The van der Waals surface area contributed by atoms with Crippen molar-refractivity contribution >= 4 is 5.97 Å². The number of aliphatic hydroxyl groups excluding tert-OH is 1. The molecule has 1 aromatic carbocycles.